The van der Waals surface area contributed by atoms with Crippen LogP contribution in [-0.2, 0) is 4.74 Å². The summed E-state index contributed by atoms with van der Waals surface area (Å²) in [7, 11) is 0. The molecule has 0 amide bonds. The zero-order chi connectivity index (χ0) is 12.8. The first-order valence-corrected chi connectivity index (χ1v) is 6.51. The lowest BCUT2D eigenvalue weighted by Crippen LogP contribution is -2.33. The van der Waals surface area contributed by atoms with Crippen LogP contribution in [0.25, 0.3) is 0 Å². The van der Waals surface area contributed by atoms with Gasteiger partial charge in [0.15, 0.2) is 0 Å². The highest BCUT2D eigenvalue weighted by molar-refractivity contribution is 5.79. The van der Waals surface area contributed by atoms with Gasteiger partial charge in [-0.3, -0.25) is 0 Å². The second-order valence-electron chi connectivity index (χ2n) is 4.39. The Kier molecular flexibility index (Phi) is 4.40. The Bertz CT molecular complexity index is 414. The number of hydrogen-bond acceptors (Lipinski definition) is 2. The molecule has 0 saturated carbocycles. The Hall–Kier alpha value is -1.77. The first kappa shape index (κ1) is 12.7. The fraction of sp³-hybridized carbons (Fsp3) is 0.400. The van der Waals surface area contributed by atoms with Crippen LogP contribution in [0.3, 0.4) is 0 Å². The lowest BCUT2D eigenvalue weighted by Gasteiger charge is -2.20. The van der Waals surface area contributed by atoms with Crippen LogP contribution in [0.5, 0.6) is 0 Å². The molecule has 1 fully saturated rings. The van der Waals surface area contributed by atoms with E-state index >= 15 is 0 Å². The van der Waals surface area contributed by atoms with Crippen molar-refractivity contribution in [1.82, 2.24) is 4.90 Å². The monoisotopic (exact) mass is 244 g/mol. The predicted molar refractivity (Wildman–Crippen MR) is 75.1 cm³/mol. The Morgan fingerprint density at radius 2 is 2.22 bits per heavy atom. The van der Waals surface area contributed by atoms with Gasteiger partial charge in [-0.2, -0.15) is 4.99 Å². The number of benzene rings is 1. The van der Waals surface area contributed by atoms with Crippen LogP contribution in [0.4, 0.5) is 5.69 Å². The lowest BCUT2D eigenvalue weighted by atomic mass is 10.2. The van der Waals surface area contributed by atoms with E-state index < -0.39 is 0 Å². The number of rotatable bonds is 5. The highest BCUT2D eigenvalue weighted by atomic mass is 16.5. The van der Waals surface area contributed by atoms with Crippen LogP contribution in [0.15, 0.2) is 48.0 Å². The van der Waals surface area contributed by atoms with Crippen LogP contribution in [0, 0.1) is 0 Å². The van der Waals surface area contributed by atoms with Crippen LogP contribution < -0.4 is 0 Å². The van der Waals surface area contributed by atoms with Crippen molar-refractivity contribution in [2.75, 3.05) is 13.2 Å². The number of aliphatic imine (C=N–C) groups is 1. The number of amidine groups is 1. The molecule has 18 heavy (non-hydrogen) atoms. The van der Waals surface area contributed by atoms with Gasteiger partial charge in [0.05, 0.1) is 11.7 Å². The minimum atomic E-state index is 0.249. The van der Waals surface area contributed by atoms with Crippen molar-refractivity contribution < 1.29 is 4.74 Å². The molecule has 3 nitrogen and oxygen atoms in total. The summed E-state index contributed by atoms with van der Waals surface area (Å²) in [6, 6.07) is 10.9. The summed E-state index contributed by atoms with van der Waals surface area (Å²) in [5, 5.41) is 0. The van der Waals surface area contributed by atoms with Gasteiger partial charge in [0.1, 0.15) is 6.61 Å². The van der Waals surface area contributed by atoms with Gasteiger partial charge in [-0.15, -0.1) is 6.58 Å². The van der Waals surface area contributed by atoms with E-state index in [1.807, 2.05) is 36.4 Å². The molecule has 0 aromatic heterocycles. The summed E-state index contributed by atoms with van der Waals surface area (Å²) in [6.07, 6.45) is 4.24. The number of nitrogens with zero attached hydrogens (tertiary/aromatic N) is 2. The first-order valence-electron chi connectivity index (χ1n) is 6.51. The SMILES string of the molecule is C=CC1COC(=Nc2ccccc2)N1CCCC. The average molecular weight is 244 g/mol. The Morgan fingerprint density at radius 1 is 1.44 bits per heavy atom. The second kappa shape index (κ2) is 6.24. The molecule has 1 saturated heterocycles. The van der Waals surface area contributed by atoms with E-state index in [1.165, 1.54) is 6.42 Å². The van der Waals surface area contributed by atoms with E-state index in [0.29, 0.717) is 6.61 Å². The Morgan fingerprint density at radius 3 is 2.89 bits per heavy atom. The molecule has 96 valence electrons. The van der Waals surface area contributed by atoms with Crippen LogP contribution >= 0.6 is 0 Å². The molecule has 1 aliphatic heterocycles. The van der Waals surface area contributed by atoms with Crippen molar-refractivity contribution in [2.45, 2.75) is 25.8 Å². The number of para-hydroxylation sites is 1. The molecule has 1 aromatic carbocycles. The van der Waals surface area contributed by atoms with Crippen molar-refractivity contribution in [3.05, 3.63) is 43.0 Å². The van der Waals surface area contributed by atoms with Gasteiger partial charge in [0.2, 0.25) is 0 Å². The minimum Gasteiger partial charge on any atom is -0.462 e. The van der Waals surface area contributed by atoms with Gasteiger partial charge in [0.25, 0.3) is 6.02 Å². The molecule has 1 atom stereocenters. The quantitative estimate of drug-likeness (QED) is 0.742. The molecule has 1 heterocycles. The van der Waals surface area contributed by atoms with Gasteiger partial charge >= 0.3 is 0 Å². The van der Waals surface area contributed by atoms with E-state index in [4.69, 9.17) is 4.74 Å². The van der Waals surface area contributed by atoms with Crippen LogP contribution in [0.1, 0.15) is 19.8 Å². The molecular weight excluding hydrogens is 224 g/mol. The van der Waals surface area contributed by atoms with Crippen molar-refractivity contribution in [3.8, 4) is 0 Å². The minimum absolute atomic E-state index is 0.249. The molecule has 0 aliphatic carbocycles. The van der Waals surface area contributed by atoms with Crippen LogP contribution in [-0.4, -0.2) is 30.1 Å². The van der Waals surface area contributed by atoms with Crippen molar-refractivity contribution in [3.63, 3.8) is 0 Å². The molecule has 1 unspecified atom stereocenters. The summed E-state index contributed by atoms with van der Waals surface area (Å²) in [6.45, 7) is 7.68. The summed E-state index contributed by atoms with van der Waals surface area (Å²) in [5.41, 5.74) is 0.929. The van der Waals surface area contributed by atoms with E-state index in [9.17, 15) is 0 Å². The third kappa shape index (κ3) is 2.92. The maximum absolute atomic E-state index is 5.67. The zero-order valence-corrected chi connectivity index (χ0v) is 10.9. The fourth-order valence-corrected chi connectivity index (χ4v) is 1.97. The normalized spacial score (nSPS) is 21.1. The third-order valence-corrected chi connectivity index (χ3v) is 3.03. The first-order chi connectivity index (χ1) is 8.85. The molecule has 0 N–H and O–H groups in total. The fourth-order valence-electron chi connectivity index (χ4n) is 1.97. The molecule has 0 radical (unpaired) electrons. The van der Waals surface area contributed by atoms with Gasteiger partial charge in [-0.1, -0.05) is 37.6 Å². The lowest BCUT2D eigenvalue weighted by molar-refractivity contribution is 0.336. The number of ether oxygens (including phenoxy) is 1. The van der Waals surface area contributed by atoms with E-state index in [1.54, 1.807) is 0 Å². The molecule has 2 rings (SSSR count). The van der Waals surface area contributed by atoms with Gasteiger partial charge in [0, 0.05) is 6.54 Å². The molecule has 1 aliphatic rings. The van der Waals surface area contributed by atoms with Gasteiger partial charge < -0.3 is 9.64 Å². The van der Waals surface area contributed by atoms with Crippen molar-refractivity contribution in [1.29, 1.82) is 0 Å². The number of unbranched alkanes of at least 4 members (excludes halogenated alkanes) is 1. The van der Waals surface area contributed by atoms with E-state index in [0.717, 1.165) is 24.7 Å². The molecule has 1 aromatic rings. The smallest absolute Gasteiger partial charge is 0.293 e. The Balaban J connectivity index is 2.15. The summed E-state index contributed by atoms with van der Waals surface area (Å²) in [5.74, 6) is 0. The zero-order valence-electron chi connectivity index (χ0n) is 10.9. The summed E-state index contributed by atoms with van der Waals surface area (Å²) >= 11 is 0. The molecule has 0 bridgehead atoms. The maximum Gasteiger partial charge on any atom is 0.293 e. The average Bonchev–Trinajstić information content (AvgIpc) is 2.79. The molecule has 0 spiro atoms. The van der Waals surface area contributed by atoms with Gasteiger partial charge in [-0.05, 0) is 18.6 Å². The third-order valence-electron chi connectivity index (χ3n) is 3.03. The van der Waals surface area contributed by atoms with E-state index in [-0.39, 0.29) is 6.04 Å². The molecule has 3 heteroatoms. The maximum atomic E-state index is 5.67. The topological polar surface area (TPSA) is 24.8 Å². The largest absolute Gasteiger partial charge is 0.462 e. The number of hydrogen-bond donors (Lipinski definition) is 0. The Labute approximate surface area is 109 Å². The highest BCUT2D eigenvalue weighted by Crippen LogP contribution is 2.19. The second-order valence-corrected chi connectivity index (χ2v) is 4.39. The highest BCUT2D eigenvalue weighted by Gasteiger charge is 2.28. The molecular formula is C15H20N2O. The van der Waals surface area contributed by atoms with Crippen LogP contribution in [0.2, 0.25) is 0 Å². The van der Waals surface area contributed by atoms with Crippen molar-refractivity contribution >= 4 is 11.7 Å². The standard InChI is InChI=1S/C15H20N2O/c1-3-5-11-17-14(4-2)12-18-15(17)16-13-9-7-6-8-10-13/h4,6-10,14H,2-3,5,11-12H2,1H3. The summed E-state index contributed by atoms with van der Waals surface area (Å²) in [4.78, 5) is 6.76. The van der Waals surface area contributed by atoms with Gasteiger partial charge in [-0.25, -0.2) is 0 Å². The summed E-state index contributed by atoms with van der Waals surface area (Å²) < 4.78 is 5.67. The van der Waals surface area contributed by atoms with Crippen molar-refractivity contribution in [2.24, 2.45) is 4.99 Å². The predicted octanol–water partition coefficient (Wildman–Crippen LogP) is 3.36. The van der Waals surface area contributed by atoms with E-state index in [2.05, 4.69) is 23.4 Å².